The first-order chi connectivity index (χ1) is 8.98. The van der Waals surface area contributed by atoms with Gasteiger partial charge >= 0.3 is 5.97 Å². The van der Waals surface area contributed by atoms with E-state index in [1.165, 1.54) is 0 Å². The monoisotopic (exact) mass is 263 g/mol. The van der Waals surface area contributed by atoms with Gasteiger partial charge in [0.05, 0.1) is 0 Å². The van der Waals surface area contributed by atoms with Gasteiger partial charge in [-0.2, -0.15) is 0 Å². The van der Waals surface area contributed by atoms with Crippen LogP contribution in [0.25, 0.3) is 0 Å². The number of carboxylic acid groups (broad SMARTS) is 1. The van der Waals surface area contributed by atoms with Crippen molar-refractivity contribution in [1.29, 1.82) is 0 Å². The van der Waals surface area contributed by atoms with Crippen LogP contribution in [0.2, 0.25) is 0 Å². The fraction of sp³-hybridized carbons (Fsp3) is 0.562. The predicted octanol–water partition coefficient (Wildman–Crippen LogP) is 3.35. The molecule has 1 aromatic carbocycles. The van der Waals surface area contributed by atoms with E-state index in [-0.39, 0.29) is 0 Å². The highest BCUT2D eigenvalue weighted by Crippen LogP contribution is 2.35. The Balaban J connectivity index is 3.39. The molecule has 0 aromatic heterocycles. The highest BCUT2D eigenvalue weighted by molar-refractivity contribution is 5.80. The zero-order valence-electron chi connectivity index (χ0n) is 12.4. The van der Waals surface area contributed by atoms with Gasteiger partial charge in [-0.15, -0.1) is 0 Å². The second kappa shape index (κ2) is 6.71. The minimum absolute atomic E-state index is 0.317. The van der Waals surface area contributed by atoms with Crippen molar-refractivity contribution in [3.8, 4) is 0 Å². The highest BCUT2D eigenvalue weighted by atomic mass is 16.4. The maximum absolute atomic E-state index is 12.1. The molecule has 3 heteroatoms. The fourth-order valence-electron chi connectivity index (χ4n) is 2.84. The topological polar surface area (TPSA) is 40.5 Å². The van der Waals surface area contributed by atoms with Gasteiger partial charge in [-0.05, 0) is 31.0 Å². The van der Waals surface area contributed by atoms with Crippen molar-refractivity contribution in [2.75, 3.05) is 13.1 Å². The Kier molecular flexibility index (Phi) is 5.55. The molecule has 0 spiro atoms. The summed E-state index contributed by atoms with van der Waals surface area (Å²) in [4.78, 5) is 14.1. The van der Waals surface area contributed by atoms with Crippen LogP contribution in [0.1, 0.15) is 39.7 Å². The summed E-state index contributed by atoms with van der Waals surface area (Å²) in [6.07, 6.45) is 0.619. The lowest BCUT2D eigenvalue weighted by molar-refractivity contribution is -0.154. The van der Waals surface area contributed by atoms with E-state index < -0.39 is 11.5 Å². The Hall–Kier alpha value is -1.35. The third kappa shape index (κ3) is 3.16. The molecule has 0 bridgehead atoms. The van der Waals surface area contributed by atoms with Gasteiger partial charge in [0.25, 0.3) is 0 Å². The van der Waals surface area contributed by atoms with Gasteiger partial charge in [0.15, 0.2) is 0 Å². The minimum Gasteiger partial charge on any atom is -0.480 e. The molecule has 0 aliphatic heterocycles. The molecule has 0 heterocycles. The number of benzene rings is 1. The van der Waals surface area contributed by atoms with Gasteiger partial charge < -0.3 is 5.11 Å². The maximum atomic E-state index is 12.1. The van der Waals surface area contributed by atoms with E-state index in [1.807, 2.05) is 49.1 Å². The molecular weight excluding hydrogens is 238 g/mol. The van der Waals surface area contributed by atoms with E-state index in [0.717, 1.165) is 18.7 Å². The Morgan fingerprint density at radius 1 is 1.21 bits per heavy atom. The van der Waals surface area contributed by atoms with Gasteiger partial charge in [0.1, 0.15) is 5.54 Å². The van der Waals surface area contributed by atoms with E-state index in [2.05, 4.69) is 13.8 Å². The molecule has 1 rings (SSSR count). The van der Waals surface area contributed by atoms with Crippen molar-refractivity contribution in [2.45, 2.75) is 39.7 Å². The molecule has 106 valence electrons. The summed E-state index contributed by atoms with van der Waals surface area (Å²) in [6, 6.07) is 9.60. The van der Waals surface area contributed by atoms with E-state index in [9.17, 15) is 9.90 Å². The number of hydrogen-bond donors (Lipinski definition) is 1. The average Bonchev–Trinajstić information content (AvgIpc) is 2.39. The summed E-state index contributed by atoms with van der Waals surface area (Å²) in [5.41, 5.74) is -0.0428. The van der Waals surface area contributed by atoms with Gasteiger partial charge in [-0.3, -0.25) is 4.90 Å². The molecule has 0 fully saturated rings. The fourth-order valence-corrected chi connectivity index (χ4v) is 2.84. The van der Waals surface area contributed by atoms with Crippen molar-refractivity contribution < 1.29 is 9.90 Å². The number of aliphatic carboxylic acids is 1. The highest BCUT2D eigenvalue weighted by Gasteiger charge is 2.44. The van der Waals surface area contributed by atoms with Gasteiger partial charge in [0, 0.05) is 0 Å². The van der Waals surface area contributed by atoms with Crippen LogP contribution in [-0.2, 0) is 10.3 Å². The normalized spacial score (nSPS) is 14.6. The molecule has 0 aliphatic rings. The van der Waals surface area contributed by atoms with Crippen LogP contribution in [0.15, 0.2) is 30.3 Å². The number of nitrogens with zero attached hydrogens (tertiary/aromatic N) is 1. The second-order valence-electron chi connectivity index (χ2n) is 5.30. The third-order valence-corrected chi connectivity index (χ3v) is 3.61. The van der Waals surface area contributed by atoms with E-state index in [4.69, 9.17) is 0 Å². The van der Waals surface area contributed by atoms with Crippen LogP contribution in [0.4, 0.5) is 0 Å². The third-order valence-electron chi connectivity index (χ3n) is 3.61. The van der Waals surface area contributed by atoms with Gasteiger partial charge in [0.2, 0.25) is 0 Å². The smallest absolute Gasteiger partial charge is 0.328 e. The minimum atomic E-state index is -0.918. The Labute approximate surface area is 116 Å². The molecule has 0 radical (unpaired) electrons. The van der Waals surface area contributed by atoms with E-state index in [1.54, 1.807) is 0 Å². The summed E-state index contributed by atoms with van der Waals surface area (Å²) >= 11 is 0. The van der Waals surface area contributed by atoms with Crippen molar-refractivity contribution in [1.82, 2.24) is 4.90 Å². The van der Waals surface area contributed by atoms with Crippen LogP contribution in [-0.4, -0.2) is 29.1 Å². The Bertz CT molecular complexity index is 398. The standard InChI is InChI=1S/C16H25NO2/c1-5-17(6-2)16(15(18)19,12-13(3)4)14-10-8-7-9-11-14/h7-11,13H,5-6,12H2,1-4H3,(H,18,19). The summed E-state index contributed by atoms with van der Waals surface area (Å²) in [5, 5.41) is 9.92. The molecule has 1 aromatic rings. The first kappa shape index (κ1) is 15.7. The number of rotatable bonds is 7. The maximum Gasteiger partial charge on any atom is 0.328 e. The second-order valence-corrected chi connectivity index (χ2v) is 5.30. The zero-order chi connectivity index (χ0) is 14.5. The molecule has 1 atom stereocenters. The molecule has 19 heavy (non-hydrogen) atoms. The first-order valence-electron chi connectivity index (χ1n) is 7.03. The van der Waals surface area contributed by atoms with E-state index in [0.29, 0.717) is 12.3 Å². The lowest BCUT2D eigenvalue weighted by Crippen LogP contribution is -2.52. The lowest BCUT2D eigenvalue weighted by Gasteiger charge is -2.41. The van der Waals surface area contributed by atoms with Crippen LogP contribution in [0.3, 0.4) is 0 Å². The molecule has 0 aliphatic carbocycles. The quantitative estimate of drug-likeness (QED) is 0.820. The summed E-state index contributed by atoms with van der Waals surface area (Å²) in [5.74, 6) is -0.437. The summed E-state index contributed by atoms with van der Waals surface area (Å²) in [6.45, 7) is 9.64. The molecule has 0 amide bonds. The Morgan fingerprint density at radius 3 is 2.11 bits per heavy atom. The number of hydrogen-bond acceptors (Lipinski definition) is 2. The largest absolute Gasteiger partial charge is 0.480 e. The average molecular weight is 263 g/mol. The van der Waals surface area contributed by atoms with Crippen molar-refractivity contribution in [2.24, 2.45) is 5.92 Å². The van der Waals surface area contributed by atoms with Crippen LogP contribution < -0.4 is 0 Å². The number of carbonyl (C=O) groups is 1. The molecule has 3 nitrogen and oxygen atoms in total. The zero-order valence-corrected chi connectivity index (χ0v) is 12.4. The van der Waals surface area contributed by atoms with Crippen molar-refractivity contribution in [3.63, 3.8) is 0 Å². The van der Waals surface area contributed by atoms with Crippen molar-refractivity contribution >= 4 is 5.97 Å². The number of likely N-dealkylation sites (N-methyl/N-ethyl adjacent to an activating group) is 1. The van der Waals surface area contributed by atoms with Gasteiger partial charge in [-0.1, -0.05) is 58.0 Å². The molecule has 0 saturated heterocycles. The van der Waals surface area contributed by atoms with Crippen LogP contribution in [0.5, 0.6) is 0 Å². The predicted molar refractivity (Wildman–Crippen MR) is 78.1 cm³/mol. The summed E-state index contributed by atoms with van der Waals surface area (Å²) in [7, 11) is 0. The van der Waals surface area contributed by atoms with Crippen LogP contribution >= 0.6 is 0 Å². The van der Waals surface area contributed by atoms with Crippen LogP contribution in [0, 0.1) is 5.92 Å². The molecule has 0 saturated carbocycles. The molecular formula is C16H25NO2. The lowest BCUT2D eigenvalue weighted by atomic mass is 9.80. The van der Waals surface area contributed by atoms with Crippen molar-refractivity contribution in [3.05, 3.63) is 35.9 Å². The molecule has 1 N–H and O–H groups in total. The number of carboxylic acids is 1. The first-order valence-corrected chi connectivity index (χ1v) is 7.03. The Morgan fingerprint density at radius 2 is 1.74 bits per heavy atom. The molecule has 1 unspecified atom stereocenters. The van der Waals surface area contributed by atoms with E-state index >= 15 is 0 Å². The SMILES string of the molecule is CCN(CC)C(CC(C)C)(C(=O)O)c1ccccc1. The summed E-state index contributed by atoms with van der Waals surface area (Å²) < 4.78 is 0. The van der Waals surface area contributed by atoms with Gasteiger partial charge in [-0.25, -0.2) is 4.79 Å².